The van der Waals surface area contributed by atoms with Crippen molar-refractivity contribution in [2.75, 3.05) is 18.5 Å². The molecule has 0 atom stereocenters. The van der Waals surface area contributed by atoms with Crippen molar-refractivity contribution in [1.29, 1.82) is 0 Å². The molecule has 3 rings (SSSR count). The number of aryl methyl sites for hydroxylation is 1. The molecule has 6 nitrogen and oxygen atoms in total. The van der Waals surface area contributed by atoms with Gasteiger partial charge >= 0.3 is 0 Å². The van der Waals surface area contributed by atoms with Gasteiger partial charge in [0, 0.05) is 24.2 Å². The molecule has 0 unspecified atom stereocenters. The largest absolute Gasteiger partial charge is 0.489 e. The van der Waals surface area contributed by atoms with Gasteiger partial charge in [0.2, 0.25) is 11.7 Å². The Morgan fingerprint density at radius 3 is 2.49 bits per heavy atom. The SMILES string of the molecule is CCCCOc1c(OC/C=C(\C)CCC=C(C)C)c(=O)n(C)c2cc(NC(=O)C=Cc3ccccc3)ccc12. The smallest absolute Gasteiger partial charge is 0.297 e. The zero-order chi connectivity index (χ0) is 28.2. The van der Waals surface area contributed by atoms with E-state index in [-0.39, 0.29) is 23.8 Å². The Bertz CT molecular complexity index is 1410. The van der Waals surface area contributed by atoms with E-state index >= 15 is 0 Å². The van der Waals surface area contributed by atoms with Gasteiger partial charge < -0.3 is 19.4 Å². The number of benzene rings is 2. The van der Waals surface area contributed by atoms with E-state index in [2.05, 4.69) is 39.1 Å². The third kappa shape index (κ3) is 8.74. The van der Waals surface area contributed by atoms with E-state index in [9.17, 15) is 9.59 Å². The summed E-state index contributed by atoms with van der Waals surface area (Å²) in [7, 11) is 1.70. The average molecular weight is 529 g/mol. The second-order valence-electron chi connectivity index (χ2n) is 9.87. The number of ether oxygens (including phenoxy) is 2. The zero-order valence-electron chi connectivity index (χ0n) is 23.8. The summed E-state index contributed by atoms with van der Waals surface area (Å²) in [6, 6.07) is 15.1. The van der Waals surface area contributed by atoms with Gasteiger partial charge in [0.15, 0.2) is 5.75 Å². The van der Waals surface area contributed by atoms with Gasteiger partial charge in [-0.15, -0.1) is 0 Å². The van der Waals surface area contributed by atoms with Gasteiger partial charge in [-0.25, -0.2) is 0 Å². The van der Waals surface area contributed by atoms with Crippen molar-refractivity contribution in [2.24, 2.45) is 7.05 Å². The Balaban J connectivity index is 1.86. The number of fused-ring (bicyclic) bond motifs is 1. The number of nitrogens with one attached hydrogen (secondary N) is 1. The monoisotopic (exact) mass is 528 g/mol. The van der Waals surface area contributed by atoms with Gasteiger partial charge in [0.25, 0.3) is 5.56 Å². The molecule has 0 aliphatic rings. The summed E-state index contributed by atoms with van der Waals surface area (Å²) in [5.41, 5.74) is 4.41. The van der Waals surface area contributed by atoms with E-state index in [1.807, 2.05) is 48.5 Å². The first kappa shape index (κ1) is 29.5. The number of allylic oxidation sites excluding steroid dienone is 3. The number of nitrogens with zero attached hydrogens (tertiary/aromatic N) is 1. The van der Waals surface area contributed by atoms with E-state index < -0.39 is 0 Å². The van der Waals surface area contributed by atoms with Crippen LogP contribution in [0.3, 0.4) is 0 Å². The Hall–Kier alpha value is -4.06. The van der Waals surface area contributed by atoms with Crippen LogP contribution >= 0.6 is 0 Å². The van der Waals surface area contributed by atoms with Crippen LogP contribution in [0.15, 0.2) is 82.7 Å². The molecule has 1 N–H and O–H groups in total. The molecule has 0 bridgehead atoms. The van der Waals surface area contributed by atoms with Crippen LogP contribution < -0.4 is 20.3 Å². The summed E-state index contributed by atoms with van der Waals surface area (Å²) in [6.45, 7) is 9.12. The number of carbonyl (C=O) groups excluding carboxylic acids is 1. The van der Waals surface area contributed by atoms with Crippen LogP contribution in [0.25, 0.3) is 17.0 Å². The van der Waals surface area contributed by atoms with E-state index in [4.69, 9.17) is 9.47 Å². The number of unbranched alkanes of at least 4 members (excludes halogenated alkanes) is 1. The molecule has 0 fully saturated rings. The highest BCUT2D eigenvalue weighted by molar-refractivity contribution is 6.03. The first-order chi connectivity index (χ1) is 18.8. The van der Waals surface area contributed by atoms with Crippen molar-refractivity contribution < 1.29 is 14.3 Å². The van der Waals surface area contributed by atoms with Crippen LogP contribution in [0.5, 0.6) is 11.5 Å². The van der Waals surface area contributed by atoms with Crippen molar-refractivity contribution >= 4 is 28.6 Å². The summed E-state index contributed by atoms with van der Waals surface area (Å²) in [6.07, 6.45) is 11.2. The number of carbonyl (C=O) groups is 1. The maximum absolute atomic E-state index is 13.4. The standard InChI is InChI=1S/C33H40N2O4/c1-6-7-21-38-31-28-18-17-27(34-30(36)19-16-26-14-9-8-10-15-26)23-29(28)35(5)33(37)32(31)39-22-20-25(4)13-11-12-24(2)3/h8-10,12,14-20,23H,6-7,11,13,21-22H2,1-5H3,(H,34,36)/b19-16?,25-20+. The van der Waals surface area contributed by atoms with Crippen molar-refractivity contribution in [3.8, 4) is 11.5 Å². The maximum atomic E-state index is 13.4. The number of pyridine rings is 1. The van der Waals surface area contributed by atoms with Crippen LogP contribution in [0.2, 0.25) is 0 Å². The van der Waals surface area contributed by atoms with E-state index in [0.29, 0.717) is 23.6 Å². The molecule has 2 aromatic carbocycles. The normalized spacial score (nSPS) is 11.6. The summed E-state index contributed by atoms with van der Waals surface area (Å²) in [4.78, 5) is 25.9. The topological polar surface area (TPSA) is 69.6 Å². The van der Waals surface area contributed by atoms with Crippen LogP contribution in [-0.2, 0) is 11.8 Å². The molecule has 1 aromatic heterocycles. The molecule has 1 heterocycles. The van der Waals surface area contributed by atoms with Crippen molar-refractivity contribution in [2.45, 2.75) is 53.4 Å². The van der Waals surface area contributed by atoms with Gasteiger partial charge in [0.1, 0.15) is 6.61 Å². The minimum atomic E-state index is -0.281. The van der Waals surface area contributed by atoms with Crippen LogP contribution in [0.4, 0.5) is 5.69 Å². The Kier molecular flexibility index (Phi) is 11.2. The molecule has 3 aromatic rings. The number of hydrogen-bond donors (Lipinski definition) is 1. The van der Waals surface area contributed by atoms with Crippen LogP contribution in [0.1, 0.15) is 58.9 Å². The molecule has 0 saturated heterocycles. The molecule has 1 amide bonds. The third-order valence-electron chi connectivity index (χ3n) is 6.30. The minimum absolute atomic E-state index is 0.206. The minimum Gasteiger partial charge on any atom is -0.489 e. The van der Waals surface area contributed by atoms with Crippen molar-refractivity contribution in [3.63, 3.8) is 0 Å². The summed E-state index contributed by atoms with van der Waals surface area (Å²) in [5.74, 6) is 0.394. The van der Waals surface area contributed by atoms with Gasteiger partial charge in [-0.05, 0) is 75.9 Å². The molecule has 6 heteroatoms. The van der Waals surface area contributed by atoms with Crippen molar-refractivity contribution in [1.82, 2.24) is 4.57 Å². The lowest BCUT2D eigenvalue weighted by atomic mass is 10.1. The molecule has 0 saturated carbocycles. The molecule has 0 spiro atoms. The van der Waals surface area contributed by atoms with Gasteiger partial charge in [-0.2, -0.15) is 0 Å². The number of amides is 1. The number of aromatic nitrogens is 1. The lowest BCUT2D eigenvalue weighted by molar-refractivity contribution is -0.111. The second kappa shape index (κ2) is 14.8. The van der Waals surface area contributed by atoms with Crippen LogP contribution in [0, 0.1) is 0 Å². The number of rotatable bonds is 13. The highest BCUT2D eigenvalue weighted by Crippen LogP contribution is 2.34. The number of anilines is 1. The first-order valence-electron chi connectivity index (χ1n) is 13.6. The summed E-state index contributed by atoms with van der Waals surface area (Å²) >= 11 is 0. The third-order valence-corrected chi connectivity index (χ3v) is 6.30. The first-order valence-corrected chi connectivity index (χ1v) is 13.6. The van der Waals surface area contributed by atoms with E-state index in [0.717, 1.165) is 36.6 Å². The number of hydrogen-bond acceptors (Lipinski definition) is 4. The lowest BCUT2D eigenvalue weighted by Crippen LogP contribution is -2.21. The maximum Gasteiger partial charge on any atom is 0.297 e. The zero-order valence-corrected chi connectivity index (χ0v) is 23.8. The predicted molar refractivity (Wildman–Crippen MR) is 162 cm³/mol. The van der Waals surface area contributed by atoms with E-state index in [1.54, 1.807) is 19.2 Å². The molecule has 0 aliphatic heterocycles. The summed E-state index contributed by atoms with van der Waals surface area (Å²) in [5, 5.41) is 3.64. The fraction of sp³-hybridized carbons (Fsp3) is 0.333. The highest BCUT2D eigenvalue weighted by atomic mass is 16.5. The van der Waals surface area contributed by atoms with Gasteiger partial charge in [-0.1, -0.05) is 60.9 Å². The molecule has 206 valence electrons. The fourth-order valence-electron chi connectivity index (χ4n) is 4.03. The van der Waals surface area contributed by atoms with Gasteiger partial charge in [-0.3, -0.25) is 9.59 Å². The van der Waals surface area contributed by atoms with E-state index in [1.165, 1.54) is 21.8 Å². The molecular formula is C33H40N2O4. The lowest BCUT2D eigenvalue weighted by Gasteiger charge is -2.17. The van der Waals surface area contributed by atoms with Gasteiger partial charge in [0.05, 0.1) is 12.1 Å². The average Bonchev–Trinajstić information content (AvgIpc) is 2.92. The Labute approximate surface area is 231 Å². The molecule has 0 aliphatic carbocycles. The Morgan fingerprint density at radius 2 is 1.77 bits per heavy atom. The quantitative estimate of drug-likeness (QED) is 0.142. The second-order valence-corrected chi connectivity index (χ2v) is 9.87. The molecule has 39 heavy (non-hydrogen) atoms. The molecular weight excluding hydrogens is 488 g/mol. The van der Waals surface area contributed by atoms with Crippen LogP contribution in [-0.4, -0.2) is 23.7 Å². The highest BCUT2D eigenvalue weighted by Gasteiger charge is 2.19. The fourth-order valence-corrected chi connectivity index (χ4v) is 4.03. The van der Waals surface area contributed by atoms with Crippen molar-refractivity contribution in [3.05, 3.63) is 93.8 Å². The molecule has 0 radical (unpaired) electrons. The predicted octanol–water partition coefficient (Wildman–Crippen LogP) is 7.44. The summed E-state index contributed by atoms with van der Waals surface area (Å²) < 4.78 is 13.7. The Morgan fingerprint density at radius 1 is 1.00 bits per heavy atom.